The van der Waals surface area contributed by atoms with E-state index in [1.165, 1.54) is 6.08 Å². The molecule has 0 aliphatic carbocycles. The van der Waals surface area contributed by atoms with Gasteiger partial charge in [-0.05, 0) is 30.0 Å². The Balaban J connectivity index is 1.47. The highest BCUT2D eigenvalue weighted by molar-refractivity contribution is 5.99. The average Bonchev–Trinajstić information content (AvgIpc) is 2.90. The van der Waals surface area contributed by atoms with E-state index in [4.69, 9.17) is 19.4 Å². The van der Waals surface area contributed by atoms with Gasteiger partial charge >= 0.3 is 6.01 Å². The van der Waals surface area contributed by atoms with Gasteiger partial charge in [0, 0.05) is 49.4 Å². The molecule has 0 saturated carbocycles. The van der Waals surface area contributed by atoms with E-state index < -0.39 is 0 Å². The van der Waals surface area contributed by atoms with Crippen molar-refractivity contribution in [2.45, 2.75) is 13.0 Å². The fraction of sp³-hybridized carbons (Fsp3) is 0.346. The van der Waals surface area contributed by atoms with Gasteiger partial charge < -0.3 is 24.2 Å². The van der Waals surface area contributed by atoms with E-state index in [9.17, 15) is 4.79 Å². The minimum absolute atomic E-state index is 0.0249. The Bertz CT molecular complexity index is 1230. The maximum atomic E-state index is 12.0. The second-order valence-corrected chi connectivity index (χ2v) is 8.48. The molecule has 8 nitrogen and oxygen atoms in total. The van der Waals surface area contributed by atoms with Crippen molar-refractivity contribution in [1.29, 1.82) is 0 Å². The van der Waals surface area contributed by atoms with Gasteiger partial charge in [-0.3, -0.25) is 4.79 Å². The number of benzene rings is 2. The molecule has 1 amide bonds. The van der Waals surface area contributed by atoms with Gasteiger partial charge in [0.05, 0.1) is 26.5 Å². The molecular weight excluding hydrogens is 430 g/mol. The van der Waals surface area contributed by atoms with Crippen LogP contribution in [0.1, 0.15) is 11.3 Å². The van der Waals surface area contributed by atoms with E-state index in [2.05, 4.69) is 40.6 Å². The number of methoxy groups -OCH3 is 2. The summed E-state index contributed by atoms with van der Waals surface area (Å²) in [4.78, 5) is 27.9. The van der Waals surface area contributed by atoms with Gasteiger partial charge in [-0.15, -0.1) is 0 Å². The third-order valence-electron chi connectivity index (χ3n) is 6.68. The van der Waals surface area contributed by atoms with Crippen LogP contribution in [0.15, 0.2) is 49.1 Å². The minimum atomic E-state index is -0.0249. The first kappa shape index (κ1) is 22.0. The lowest BCUT2D eigenvalue weighted by atomic mass is 10.0. The van der Waals surface area contributed by atoms with Gasteiger partial charge in [-0.1, -0.05) is 30.8 Å². The Labute approximate surface area is 199 Å². The second kappa shape index (κ2) is 9.21. The smallest absolute Gasteiger partial charge is 0.318 e. The highest BCUT2D eigenvalue weighted by Gasteiger charge is 2.29. The first-order chi connectivity index (χ1) is 16.6. The molecule has 0 bridgehead atoms. The molecule has 3 aromatic rings. The van der Waals surface area contributed by atoms with Crippen LogP contribution in [0.25, 0.3) is 10.8 Å². The van der Waals surface area contributed by atoms with Crippen molar-refractivity contribution >= 4 is 28.2 Å². The van der Waals surface area contributed by atoms with Crippen LogP contribution in [0.4, 0.5) is 11.5 Å². The lowest BCUT2D eigenvalue weighted by molar-refractivity contribution is -0.126. The number of hydrogen-bond acceptors (Lipinski definition) is 7. The number of rotatable bonds is 5. The van der Waals surface area contributed by atoms with E-state index in [1.807, 2.05) is 17.0 Å². The molecule has 2 aliphatic heterocycles. The highest BCUT2D eigenvalue weighted by Crippen LogP contribution is 2.38. The summed E-state index contributed by atoms with van der Waals surface area (Å²) >= 11 is 0. The second-order valence-electron chi connectivity index (χ2n) is 8.48. The maximum Gasteiger partial charge on any atom is 0.318 e. The van der Waals surface area contributed by atoms with Crippen molar-refractivity contribution in [1.82, 2.24) is 14.9 Å². The molecule has 176 valence electrons. The van der Waals surface area contributed by atoms with Crippen molar-refractivity contribution in [3.63, 3.8) is 0 Å². The molecule has 1 aromatic heterocycles. The summed E-state index contributed by atoms with van der Waals surface area (Å²) in [6.07, 6.45) is 2.20. The number of nitrogens with zero attached hydrogens (tertiary/aromatic N) is 5. The molecule has 0 spiro atoms. The number of aromatic nitrogens is 2. The quantitative estimate of drug-likeness (QED) is 0.543. The lowest BCUT2D eigenvalue weighted by Crippen LogP contribution is -2.49. The molecule has 3 heterocycles. The zero-order valence-electron chi connectivity index (χ0n) is 19.7. The Hall–Kier alpha value is -3.81. The number of fused-ring (bicyclic) bond motifs is 2. The topological polar surface area (TPSA) is 71.0 Å². The predicted molar refractivity (Wildman–Crippen MR) is 133 cm³/mol. The van der Waals surface area contributed by atoms with E-state index >= 15 is 0 Å². The largest absolute Gasteiger partial charge is 0.496 e. The van der Waals surface area contributed by atoms with Crippen LogP contribution in [0, 0.1) is 0 Å². The number of amides is 1. The fourth-order valence-electron chi connectivity index (χ4n) is 4.94. The summed E-state index contributed by atoms with van der Waals surface area (Å²) < 4.78 is 11.2. The van der Waals surface area contributed by atoms with E-state index in [-0.39, 0.29) is 5.91 Å². The van der Waals surface area contributed by atoms with E-state index in [0.29, 0.717) is 25.6 Å². The molecule has 0 unspecified atom stereocenters. The van der Waals surface area contributed by atoms with Crippen LogP contribution < -0.4 is 19.3 Å². The predicted octanol–water partition coefficient (Wildman–Crippen LogP) is 3.04. The monoisotopic (exact) mass is 459 g/mol. The first-order valence-electron chi connectivity index (χ1n) is 11.5. The molecule has 5 rings (SSSR count). The van der Waals surface area contributed by atoms with Crippen LogP contribution in [0.2, 0.25) is 0 Å². The molecule has 0 atom stereocenters. The van der Waals surface area contributed by atoms with Crippen LogP contribution in [0.5, 0.6) is 11.8 Å². The SMILES string of the molecule is C=CC(=O)N1CCN(c2nc(OC)nc3c2CCN(c2cccc4cccc(OC)c24)C3)CC1. The molecule has 1 fully saturated rings. The summed E-state index contributed by atoms with van der Waals surface area (Å²) in [6.45, 7) is 7.84. The van der Waals surface area contributed by atoms with Crippen LogP contribution in [0.3, 0.4) is 0 Å². The van der Waals surface area contributed by atoms with E-state index in [1.54, 1.807) is 14.2 Å². The number of piperazine rings is 1. The number of carbonyl (C=O) groups excluding carboxylic acids is 1. The first-order valence-corrected chi connectivity index (χ1v) is 11.5. The third kappa shape index (κ3) is 3.89. The number of anilines is 2. The molecule has 2 aliphatic rings. The Morgan fingerprint density at radius 3 is 2.44 bits per heavy atom. The standard InChI is InChI=1S/C26H29N5O3/c1-4-23(32)29-13-15-30(16-14-29)25-19-11-12-31(17-20(19)27-26(28-25)34-3)21-9-5-7-18-8-6-10-22(33-2)24(18)21/h4-10H,1,11-17H2,2-3H3. The molecule has 0 N–H and O–H groups in total. The zero-order valence-corrected chi connectivity index (χ0v) is 19.7. The third-order valence-corrected chi connectivity index (χ3v) is 6.68. The Morgan fingerprint density at radius 2 is 1.74 bits per heavy atom. The number of ether oxygens (including phenoxy) is 2. The minimum Gasteiger partial charge on any atom is -0.496 e. The molecular formula is C26H29N5O3. The lowest BCUT2D eigenvalue weighted by Gasteiger charge is -2.38. The van der Waals surface area contributed by atoms with Crippen molar-refractivity contribution in [3.8, 4) is 11.8 Å². The van der Waals surface area contributed by atoms with Crippen molar-refractivity contribution in [2.24, 2.45) is 0 Å². The summed E-state index contributed by atoms with van der Waals surface area (Å²) in [5.74, 6) is 1.76. The van der Waals surface area contributed by atoms with Crippen molar-refractivity contribution in [3.05, 3.63) is 60.3 Å². The summed E-state index contributed by atoms with van der Waals surface area (Å²) in [5, 5.41) is 2.26. The Kier molecular flexibility index (Phi) is 5.96. The molecule has 34 heavy (non-hydrogen) atoms. The van der Waals surface area contributed by atoms with Crippen molar-refractivity contribution < 1.29 is 14.3 Å². The average molecular weight is 460 g/mol. The van der Waals surface area contributed by atoms with Gasteiger partial charge in [-0.2, -0.15) is 9.97 Å². The van der Waals surface area contributed by atoms with Crippen LogP contribution in [-0.4, -0.2) is 67.7 Å². The van der Waals surface area contributed by atoms with Gasteiger partial charge in [0.15, 0.2) is 0 Å². The summed E-state index contributed by atoms with van der Waals surface area (Å²) in [6, 6.07) is 12.8. The number of hydrogen-bond donors (Lipinski definition) is 0. The van der Waals surface area contributed by atoms with Crippen LogP contribution in [-0.2, 0) is 17.8 Å². The zero-order chi connectivity index (χ0) is 23.7. The van der Waals surface area contributed by atoms with Gasteiger partial charge in [0.2, 0.25) is 5.91 Å². The molecule has 1 saturated heterocycles. The summed E-state index contributed by atoms with van der Waals surface area (Å²) in [5.41, 5.74) is 3.27. The van der Waals surface area contributed by atoms with Crippen molar-refractivity contribution in [2.75, 3.05) is 56.7 Å². The number of carbonyl (C=O) groups is 1. The fourth-order valence-corrected chi connectivity index (χ4v) is 4.94. The summed E-state index contributed by atoms with van der Waals surface area (Å²) in [7, 11) is 3.31. The van der Waals surface area contributed by atoms with Gasteiger partial charge in [-0.25, -0.2) is 0 Å². The van der Waals surface area contributed by atoms with E-state index in [0.717, 1.165) is 65.3 Å². The highest BCUT2D eigenvalue weighted by atomic mass is 16.5. The van der Waals surface area contributed by atoms with Gasteiger partial charge in [0.1, 0.15) is 11.6 Å². The Morgan fingerprint density at radius 1 is 0.971 bits per heavy atom. The maximum absolute atomic E-state index is 12.0. The molecule has 0 radical (unpaired) electrons. The normalized spacial score (nSPS) is 15.8. The molecule has 2 aromatic carbocycles. The van der Waals surface area contributed by atoms with Gasteiger partial charge in [0.25, 0.3) is 0 Å². The van der Waals surface area contributed by atoms with Crippen LogP contribution >= 0.6 is 0 Å². The molecule has 8 heteroatoms.